The molecule has 2 N–H and O–H groups in total. The molecule has 0 atom stereocenters. The van der Waals surface area contributed by atoms with Crippen molar-refractivity contribution in [2.24, 2.45) is 5.34 Å². The van der Waals surface area contributed by atoms with Crippen LogP contribution in [0.15, 0.2) is 5.34 Å². The molecule has 0 aromatic carbocycles. The van der Waals surface area contributed by atoms with Gasteiger partial charge in [0.05, 0.1) is 0 Å². The maximum absolute atomic E-state index is 8.85. The second kappa shape index (κ2) is 8.61. The Bertz CT molecular complexity index is 127. The van der Waals surface area contributed by atoms with Crippen LogP contribution in [-0.2, 0) is 23.5 Å². The number of rotatable bonds is 0. The number of hydrogen-bond acceptors (Lipinski definition) is 5. The molecule has 0 aliphatic carbocycles. The van der Waals surface area contributed by atoms with Crippen molar-refractivity contribution in [2.45, 2.75) is 0 Å². The van der Waals surface area contributed by atoms with Crippen molar-refractivity contribution in [3.8, 4) is 0 Å². The molecular weight excluding hydrogens is 229 g/mol. The summed E-state index contributed by atoms with van der Waals surface area (Å²) in [5, 5.41) is 9.00. The monoisotopic (exact) mass is 233 g/mol. The molecule has 7 nitrogen and oxygen atoms in total. The van der Waals surface area contributed by atoms with Gasteiger partial charge in [-0.05, 0) is 0 Å². The van der Waals surface area contributed by atoms with Gasteiger partial charge in [0.1, 0.15) is 0 Å². The van der Waals surface area contributed by atoms with Crippen LogP contribution >= 0.6 is 0 Å². The van der Waals surface area contributed by atoms with Gasteiger partial charge >= 0.3 is 60.6 Å². The first-order valence-corrected chi connectivity index (χ1v) is 4.50. The molecule has 0 bridgehead atoms. The normalized spacial score (nSPS) is 7.78. The van der Waals surface area contributed by atoms with E-state index in [1.165, 1.54) is 0 Å². The topological polar surface area (TPSA) is 127 Å². The van der Waals surface area contributed by atoms with E-state index in [2.05, 4.69) is 0 Å². The Balaban J connectivity index is -0.0000000800. The average molecular weight is 231 g/mol. The molecule has 0 aliphatic rings. The third kappa shape index (κ3) is 1020. The SMILES string of the molecule is O=N[O-].[Na+].[O]=[Mo](=[O])([OH])[OH]. The van der Waals surface area contributed by atoms with Crippen molar-refractivity contribution in [3.05, 3.63) is 10.1 Å². The standard InChI is InChI=1S/Mo.HNO2.Na.2H2O.2O/c;2-1-3;;;;;/h;(H,2,3);;2*1H2;;/q+2;;+1;;;;/p-3. The molecule has 0 aromatic rings. The van der Waals surface area contributed by atoms with E-state index < -0.39 is 16.7 Å². The third-order valence-electron chi connectivity index (χ3n) is 0. The molecule has 0 saturated heterocycles. The molecule has 0 rings (SSSR count). The van der Waals surface area contributed by atoms with E-state index in [4.69, 9.17) is 24.4 Å². The summed E-state index contributed by atoms with van der Waals surface area (Å²) in [7, 11) is 0. The summed E-state index contributed by atoms with van der Waals surface area (Å²) in [6.07, 6.45) is 0. The van der Waals surface area contributed by atoms with Crippen LogP contribution in [0.4, 0.5) is 0 Å². The zero-order chi connectivity index (χ0) is 7.21. The van der Waals surface area contributed by atoms with Gasteiger partial charge in [-0.3, -0.25) is 0 Å². The molecule has 0 radical (unpaired) electrons. The third-order valence-corrected chi connectivity index (χ3v) is 0. The van der Waals surface area contributed by atoms with Crippen molar-refractivity contribution < 1.29 is 60.6 Å². The maximum atomic E-state index is 8.85. The fourth-order valence-electron chi connectivity index (χ4n) is 0. The van der Waals surface area contributed by atoms with Gasteiger partial charge in [0, 0.05) is 0 Å². The zero-order valence-corrected chi connectivity index (χ0v) is 8.39. The molecule has 0 spiro atoms. The van der Waals surface area contributed by atoms with Crippen LogP contribution in [0.1, 0.15) is 0 Å². The Kier molecular flexibility index (Phi) is 15.6. The summed E-state index contributed by atoms with van der Waals surface area (Å²) in [4.78, 5) is 8.00. The van der Waals surface area contributed by atoms with E-state index in [0.29, 0.717) is 0 Å². The Morgan fingerprint density at radius 2 is 1.33 bits per heavy atom. The summed E-state index contributed by atoms with van der Waals surface area (Å²) in [5.74, 6) is 0. The Hall–Kier alpha value is 0.608. The fraction of sp³-hybridized carbons (Fsp3) is 0. The minimum absolute atomic E-state index is 0. The second-order valence-electron chi connectivity index (χ2n) is 0.522. The second-order valence-corrected chi connectivity index (χ2v) is 2.72. The van der Waals surface area contributed by atoms with Crippen molar-refractivity contribution in [1.82, 2.24) is 0 Å². The number of nitrogens with zero attached hydrogens (tertiary/aromatic N) is 1. The fourth-order valence-corrected chi connectivity index (χ4v) is 0. The van der Waals surface area contributed by atoms with Crippen LogP contribution in [0.3, 0.4) is 0 Å². The van der Waals surface area contributed by atoms with Crippen LogP contribution in [0, 0.1) is 10.1 Å². The summed E-state index contributed by atoms with van der Waals surface area (Å²) in [6, 6.07) is 0. The molecule has 0 amide bonds. The molecule has 0 saturated carbocycles. The van der Waals surface area contributed by atoms with Gasteiger partial charge in [0.25, 0.3) is 0 Å². The summed E-state index contributed by atoms with van der Waals surface area (Å²) >= 11 is -5.52. The van der Waals surface area contributed by atoms with Gasteiger partial charge < -0.3 is 10.1 Å². The first-order chi connectivity index (χ1) is 3.41. The van der Waals surface area contributed by atoms with Crippen LogP contribution in [0.5, 0.6) is 0 Å². The van der Waals surface area contributed by atoms with E-state index in [1.54, 1.807) is 0 Å². The molecule has 0 aromatic heterocycles. The first kappa shape index (κ1) is 16.3. The van der Waals surface area contributed by atoms with E-state index in [9.17, 15) is 0 Å². The van der Waals surface area contributed by atoms with Gasteiger partial charge in [-0.25, -0.2) is 0 Å². The molecular formula is H2MoNNaO6. The average Bonchev–Trinajstić information content (AvgIpc) is 1.27. The van der Waals surface area contributed by atoms with Crippen LogP contribution in [0.25, 0.3) is 0 Å². The molecule has 9 heteroatoms. The predicted octanol–water partition coefficient (Wildman–Crippen LogP) is -4.10. The van der Waals surface area contributed by atoms with Crippen molar-refractivity contribution >= 4 is 0 Å². The van der Waals surface area contributed by atoms with E-state index >= 15 is 0 Å². The van der Waals surface area contributed by atoms with Crippen LogP contribution in [0.2, 0.25) is 0 Å². The predicted molar refractivity (Wildman–Crippen MR) is 15.0 cm³/mol. The van der Waals surface area contributed by atoms with Gasteiger partial charge in [-0.1, -0.05) is 0 Å². The molecule has 0 fully saturated rings. The van der Waals surface area contributed by atoms with Gasteiger partial charge in [0.2, 0.25) is 0 Å². The summed E-state index contributed by atoms with van der Waals surface area (Å²) in [6.45, 7) is 0. The van der Waals surface area contributed by atoms with Crippen molar-refractivity contribution in [2.75, 3.05) is 0 Å². The minimum atomic E-state index is -5.52. The first-order valence-electron chi connectivity index (χ1n) is 1.06. The van der Waals surface area contributed by atoms with E-state index in [-0.39, 0.29) is 29.6 Å². The Labute approximate surface area is 75.6 Å². The number of hydrogen-bond donors (Lipinski definition) is 2. The van der Waals surface area contributed by atoms with Gasteiger partial charge in [-0.2, -0.15) is 0 Å². The quantitative estimate of drug-likeness (QED) is 0.248. The molecule has 9 heavy (non-hydrogen) atoms. The van der Waals surface area contributed by atoms with Crippen LogP contribution < -0.4 is 29.6 Å². The van der Waals surface area contributed by atoms with Crippen molar-refractivity contribution in [1.29, 1.82) is 0 Å². The van der Waals surface area contributed by atoms with Crippen LogP contribution in [-0.4, -0.2) is 7.52 Å². The molecule has 0 aliphatic heterocycles. The van der Waals surface area contributed by atoms with Crippen molar-refractivity contribution in [3.63, 3.8) is 0 Å². The zero-order valence-electron chi connectivity index (χ0n) is 4.38. The molecule has 0 unspecified atom stereocenters. The van der Waals surface area contributed by atoms with E-state index in [1.807, 2.05) is 0 Å². The summed E-state index contributed by atoms with van der Waals surface area (Å²) in [5.41, 5.74) is 0. The molecule has 50 valence electrons. The van der Waals surface area contributed by atoms with E-state index in [0.717, 1.165) is 5.34 Å². The van der Waals surface area contributed by atoms with Gasteiger partial charge in [0.15, 0.2) is 0 Å². The molecule has 0 heterocycles. The Morgan fingerprint density at radius 1 is 1.33 bits per heavy atom. The summed E-state index contributed by atoms with van der Waals surface area (Å²) < 4.78 is 32.0. The van der Waals surface area contributed by atoms with Gasteiger partial charge in [-0.15, -0.1) is 5.34 Å². The Morgan fingerprint density at radius 3 is 1.33 bits per heavy atom.